The van der Waals surface area contributed by atoms with Crippen molar-refractivity contribution in [2.45, 2.75) is 56.9 Å². The molecule has 0 spiro atoms. The molecule has 0 radical (unpaired) electrons. The smallest absolute Gasteiger partial charge is 0.261 e. The summed E-state index contributed by atoms with van der Waals surface area (Å²) in [4.78, 5) is 16.7. The van der Waals surface area contributed by atoms with Crippen LogP contribution in [0.1, 0.15) is 57.9 Å². The first-order valence-corrected chi connectivity index (χ1v) is 12.8. The Kier molecular flexibility index (Phi) is 6.72. The highest BCUT2D eigenvalue weighted by Gasteiger charge is 2.44. The molecule has 1 saturated carbocycles. The molecule has 4 rings (SSSR count). The second kappa shape index (κ2) is 9.55. The molecule has 0 bridgehead atoms. The van der Waals surface area contributed by atoms with E-state index in [0.717, 1.165) is 32.1 Å². The fraction of sp³-hybridized carbons (Fsp3) is 0.375. The fourth-order valence-electron chi connectivity index (χ4n) is 3.42. The van der Waals surface area contributed by atoms with Crippen LogP contribution in [0.4, 0.5) is 11.4 Å². The maximum absolute atomic E-state index is 13.0. The molecule has 4 N–H and O–H groups in total. The number of carbonyl (C=O) groups excluding carboxylic acids is 1. The van der Waals surface area contributed by atoms with E-state index in [9.17, 15) is 13.2 Å². The zero-order valence-corrected chi connectivity index (χ0v) is 20.1. The van der Waals surface area contributed by atoms with Crippen LogP contribution in [0.2, 0.25) is 0 Å². The van der Waals surface area contributed by atoms with Crippen molar-refractivity contribution in [3.05, 3.63) is 54.4 Å². The number of hydrogen-bond acceptors (Lipinski definition) is 7. The monoisotopic (exact) mass is 483 g/mol. The number of carbonyl (C=O) groups is 1. The zero-order valence-electron chi connectivity index (χ0n) is 19.2. The number of amides is 1. The minimum atomic E-state index is -3.90. The normalized spacial score (nSPS) is 15.5. The van der Waals surface area contributed by atoms with Gasteiger partial charge < -0.3 is 15.6 Å². The third-order valence-corrected chi connectivity index (χ3v) is 7.33. The third-order valence-electron chi connectivity index (χ3n) is 5.95. The maximum Gasteiger partial charge on any atom is 0.261 e. The van der Waals surface area contributed by atoms with Crippen LogP contribution < -0.4 is 15.8 Å². The first-order chi connectivity index (χ1) is 16.2. The molecule has 0 saturated heterocycles. The largest absolute Gasteiger partial charge is 0.337 e. The van der Waals surface area contributed by atoms with Gasteiger partial charge in [-0.3, -0.25) is 9.52 Å². The summed E-state index contributed by atoms with van der Waals surface area (Å²) in [5.74, 6) is 0.542. The van der Waals surface area contributed by atoms with Crippen LogP contribution in [-0.2, 0) is 14.8 Å². The molecule has 2 aromatic carbocycles. The van der Waals surface area contributed by atoms with E-state index in [1.807, 2.05) is 6.92 Å². The Morgan fingerprint density at radius 3 is 2.65 bits per heavy atom. The van der Waals surface area contributed by atoms with E-state index in [2.05, 4.69) is 27.1 Å². The summed E-state index contributed by atoms with van der Waals surface area (Å²) in [5.41, 5.74) is 7.14. The molecule has 1 aliphatic carbocycles. The summed E-state index contributed by atoms with van der Waals surface area (Å²) in [6, 6.07) is 12.6. The van der Waals surface area contributed by atoms with Crippen molar-refractivity contribution in [1.29, 1.82) is 0 Å². The van der Waals surface area contributed by atoms with Crippen molar-refractivity contribution in [1.82, 2.24) is 10.1 Å². The molecule has 1 aliphatic rings. The van der Waals surface area contributed by atoms with E-state index < -0.39 is 10.0 Å². The van der Waals surface area contributed by atoms with Crippen molar-refractivity contribution < 1.29 is 17.7 Å². The van der Waals surface area contributed by atoms with Crippen LogP contribution in [0.3, 0.4) is 0 Å². The molecule has 34 heavy (non-hydrogen) atoms. The van der Waals surface area contributed by atoms with E-state index in [4.69, 9.17) is 10.3 Å². The molecule has 1 amide bonds. The lowest BCUT2D eigenvalue weighted by Gasteiger charge is -2.12. The molecule has 180 valence electrons. The van der Waals surface area contributed by atoms with Crippen molar-refractivity contribution in [2.24, 2.45) is 11.1 Å². The Balaban J connectivity index is 1.49. The van der Waals surface area contributed by atoms with Gasteiger partial charge in [0.1, 0.15) is 0 Å². The highest BCUT2D eigenvalue weighted by Crippen LogP contribution is 2.45. The molecule has 10 heteroatoms. The number of unbranched alkanes of at least 4 members (excludes halogenated alkanes) is 1. The van der Waals surface area contributed by atoms with Gasteiger partial charge in [0.15, 0.2) is 0 Å². The molecule has 0 aliphatic heterocycles. The SMILES string of the molecule is CCCC[C@H](N)c1nc(-c2cccc(S(=O)(=O)Nc3cccc(NC(=O)C4(C)CC4)c3)c2)no1. The lowest BCUT2D eigenvalue weighted by atomic mass is 10.1. The number of hydrogen-bond donors (Lipinski definition) is 3. The van der Waals surface area contributed by atoms with E-state index in [-0.39, 0.29) is 28.1 Å². The van der Waals surface area contributed by atoms with Gasteiger partial charge in [-0.2, -0.15) is 4.98 Å². The maximum atomic E-state index is 13.0. The molecule has 9 nitrogen and oxygen atoms in total. The Hall–Kier alpha value is -3.24. The highest BCUT2D eigenvalue weighted by molar-refractivity contribution is 7.92. The summed E-state index contributed by atoms with van der Waals surface area (Å²) in [5, 5.41) is 6.82. The summed E-state index contributed by atoms with van der Waals surface area (Å²) < 4.78 is 33.9. The van der Waals surface area contributed by atoms with Crippen LogP contribution in [0.15, 0.2) is 57.9 Å². The number of rotatable bonds is 10. The quantitative estimate of drug-likeness (QED) is 0.386. The summed E-state index contributed by atoms with van der Waals surface area (Å²) in [6.07, 6.45) is 4.40. The predicted molar refractivity (Wildman–Crippen MR) is 129 cm³/mol. The minimum absolute atomic E-state index is 0.0477. The Bertz CT molecular complexity index is 1280. The lowest BCUT2D eigenvalue weighted by molar-refractivity contribution is -0.120. The van der Waals surface area contributed by atoms with Crippen LogP contribution in [0.5, 0.6) is 0 Å². The molecule has 3 aromatic rings. The molecule has 1 heterocycles. The van der Waals surface area contributed by atoms with Gasteiger partial charge in [0.2, 0.25) is 17.6 Å². The fourth-order valence-corrected chi connectivity index (χ4v) is 4.52. The van der Waals surface area contributed by atoms with Crippen LogP contribution >= 0.6 is 0 Å². The Morgan fingerprint density at radius 1 is 1.18 bits per heavy atom. The van der Waals surface area contributed by atoms with Crippen LogP contribution in [0, 0.1) is 5.41 Å². The van der Waals surface area contributed by atoms with Gasteiger partial charge in [-0.1, -0.05) is 50.0 Å². The van der Waals surface area contributed by atoms with Crippen molar-refractivity contribution in [3.8, 4) is 11.4 Å². The third kappa shape index (κ3) is 5.45. The first-order valence-electron chi connectivity index (χ1n) is 11.3. The number of nitrogens with zero attached hydrogens (tertiary/aromatic N) is 2. The molecule has 0 unspecified atom stereocenters. The van der Waals surface area contributed by atoms with Crippen LogP contribution in [0.25, 0.3) is 11.4 Å². The second-order valence-electron chi connectivity index (χ2n) is 8.93. The predicted octanol–water partition coefficient (Wildman–Crippen LogP) is 4.47. The van der Waals surface area contributed by atoms with Crippen molar-refractivity contribution >= 4 is 27.3 Å². The topological polar surface area (TPSA) is 140 Å². The van der Waals surface area contributed by atoms with Gasteiger partial charge >= 0.3 is 0 Å². The number of sulfonamides is 1. The average molecular weight is 484 g/mol. The number of nitrogens with two attached hydrogens (primary N) is 1. The van der Waals surface area contributed by atoms with E-state index in [1.54, 1.807) is 36.4 Å². The summed E-state index contributed by atoms with van der Waals surface area (Å²) >= 11 is 0. The number of nitrogens with one attached hydrogen (secondary N) is 2. The van der Waals surface area contributed by atoms with Gasteiger partial charge in [0.25, 0.3) is 10.0 Å². The lowest BCUT2D eigenvalue weighted by Crippen LogP contribution is -2.21. The van der Waals surface area contributed by atoms with Gasteiger partial charge in [0, 0.05) is 16.7 Å². The summed E-state index contributed by atoms with van der Waals surface area (Å²) in [6.45, 7) is 3.99. The standard InChI is InChI=1S/C24H29N5O4S/c1-3-4-11-20(25)22-27-21(28-33-22)16-7-5-10-19(14-16)34(31,32)29-18-9-6-8-17(15-18)26-23(30)24(2)12-13-24/h5-10,14-15,20,29H,3-4,11-13,25H2,1-2H3,(H,26,30)/t20-/m0/s1. The minimum Gasteiger partial charge on any atom is -0.337 e. The molecule has 1 fully saturated rings. The number of aromatic nitrogens is 2. The summed E-state index contributed by atoms with van der Waals surface area (Å²) in [7, 11) is -3.90. The Morgan fingerprint density at radius 2 is 1.91 bits per heavy atom. The van der Waals surface area contributed by atoms with Gasteiger partial charge in [-0.05, 0) is 49.6 Å². The van der Waals surface area contributed by atoms with Crippen LogP contribution in [-0.4, -0.2) is 24.5 Å². The van der Waals surface area contributed by atoms with E-state index >= 15 is 0 Å². The van der Waals surface area contributed by atoms with E-state index in [1.165, 1.54) is 12.1 Å². The highest BCUT2D eigenvalue weighted by atomic mass is 32.2. The number of benzene rings is 2. The number of anilines is 2. The molecule has 1 aromatic heterocycles. The van der Waals surface area contributed by atoms with Crippen molar-refractivity contribution in [2.75, 3.05) is 10.0 Å². The molecular formula is C24H29N5O4S. The van der Waals surface area contributed by atoms with Gasteiger partial charge in [-0.25, -0.2) is 8.42 Å². The molecule has 1 atom stereocenters. The molecular weight excluding hydrogens is 454 g/mol. The van der Waals surface area contributed by atoms with Gasteiger partial charge in [-0.15, -0.1) is 0 Å². The first kappa shape index (κ1) is 23.9. The Labute approximate surface area is 199 Å². The van der Waals surface area contributed by atoms with Gasteiger partial charge in [0.05, 0.1) is 16.6 Å². The zero-order chi connectivity index (χ0) is 24.3. The van der Waals surface area contributed by atoms with Crippen molar-refractivity contribution in [3.63, 3.8) is 0 Å². The van der Waals surface area contributed by atoms with E-state index in [0.29, 0.717) is 22.8 Å². The average Bonchev–Trinajstić information content (AvgIpc) is 3.38. The second-order valence-corrected chi connectivity index (χ2v) is 10.6.